The zero-order valence-corrected chi connectivity index (χ0v) is 11.3. The van der Waals surface area contributed by atoms with E-state index in [4.69, 9.17) is 16.7 Å². The van der Waals surface area contributed by atoms with Crippen molar-refractivity contribution in [1.82, 2.24) is 9.88 Å². The molecule has 17 heavy (non-hydrogen) atoms. The Morgan fingerprint density at radius 1 is 1.59 bits per heavy atom. The van der Waals surface area contributed by atoms with Crippen LogP contribution in [0.4, 0.5) is 5.13 Å². The number of hydrogen-bond donors (Lipinski definition) is 1. The van der Waals surface area contributed by atoms with Crippen molar-refractivity contribution in [3.8, 4) is 0 Å². The summed E-state index contributed by atoms with van der Waals surface area (Å²) in [7, 11) is 2.07. The number of hydrogen-bond acceptors (Lipinski definition) is 5. The summed E-state index contributed by atoms with van der Waals surface area (Å²) in [5.74, 6) is -1.01. The minimum absolute atomic E-state index is 0.0867. The standard InChI is InChI=1S/C10H14ClN3O2S/c1-6-5-13(2)3-4-14(6)10-12-8(11)7(17-10)9(15)16/h6H,3-5H2,1-2H3,(H,15,16). The van der Waals surface area contributed by atoms with Crippen LogP contribution >= 0.6 is 22.9 Å². The zero-order valence-electron chi connectivity index (χ0n) is 9.68. The van der Waals surface area contributed by atoms with Crippen LogP contribution in [0.1, 0.15) is 16.6 Å². The molecule has 0 radical (unpaired) electrons. The first kappa shape index (κ1) is 12.6. The van der Waals surface area contributed by atoms with E-state index < -0.39 is 5.97 Å². The molecule has 2 heterocycles. The maximum absolute atomic E-state index is 10.9. The lowest BCUT2D eigenvalue weighted by molar-refractivity contribution is 0.0702. The van der Waals surface area contributed by atoms with Crippen LogP contribution in [0.15, 0.2) is 0 Å². The van der Waals surface area contributed by atoms with Crippen LogP contribution in [-0.4, -0.2) is 53.7 Å². The molecule has 1 saturated heterocycles. The molecule has 7 heteroatoms. The molecule has 0 bridgehead atoms. The first-order valence-electron chi connectivity index (χ1n) is 5.34. The van der Waals surface area contributed by atoms with Gasteiger partial charge >= 0.3 is 5.97 Å². The van der Waals surface area contributed by atoms with E-state index in [-0.39, 0.29) is 10.0 Å². The maximum Gasteiger partial charge on any atom is 0.349 e. The normalized spacial score (nSPS) is 21.8. The minimum Gasteiger partial charge on any atom is -0.477 e. The predicted octanol–water partition coefficient (Wildman–Crippen LogP) is 1.64. The van der Waals surface area contributed by atoms with Crippen LogP contribution < -0.4 is 4.90 Å². The van der Waals surface area contributed by atoms with Crippen molar-refractivity contribution in [2.24, 2.45) is 0 Å². The highest BCUT2D eigenvalue weighted by Gasteiger charge is 2.26. The fraction of sp³-hybridized carbons (Fsp3) is 0.600. The van der Waals surface area contributed by atoms with Crippen LogP contribution in [0.5, 0.6) is 0 Å². The topological polar surface area (TPSA) is 56.7 Å². The molecular weight excluding hydrogens is 262 g/mol. The van der Waals surface area contributed by atoms with Crippen molar-refractivity contribution in [3.63, 3.8) is 0 Å². The largest absolute Gasteiger partial charge is 0.477 e. The molecule has 0 aromatic carbocycles. The minimum atomic E-state index is -1.01. The average molecular weight is 276 g/mol. The summed E-state index contributed by atoms with van der Waals surface area (Å²) in [6.45, 7) is 4.84. The van der Waals surface area contributed by atoms with Crippen molar-refractivity contribution in [3.05, 3.63) is 10.0 Å². The van der Waals surface area contributed by atoms with Gasteiger partial charge in [-0.15, -0.1) is 0 Å². The molecule has 1 atom stereocenters. The summed E-state index contributed by atoms with van der Waals surface area (Å²) < 4.78 is 0. The Labute approximate surface area is 109 Å². The fourth-order valence-electron chi connectivity index (χ4n) is 1.97. The number of halogens is 1. The Morgan fingerprint density at radius 2 is 2.29 bits per heavy atom. The van der Waals surface area contributed by atoms with Crippen LogP contribution in [0, 0.1) is 0 Å². The summed E-state index contributed by atoms with van der Waals surface area (Å²) in [5.41, 5.74) is 0. The summed E-state index contributed by atoms with van der Waals surface area (Å²) >= 11 is 6.96. The Morgan fingerprint density at radius 3 is 2.82 bits per heavy atom. The van der Waals surface area contributed by atoms with Crippen molar-refractivity contribution < 1.29 is 9.90 Å². The summed E-state index contributed by atoms with van der Waals surface area (Å²) in [6.07, 6.45) is 0. The van der Waals surface area contributed by atoms with Crippen LogP contribution in [0.2, 0.25) is 5.15 Å². The molecule has 1 aromatic heterocycles. The van der Waals surface area contributed by atoms with E-state index >= 15 is 0 Å². The van der Waals surface area contributed by atoms with Crippen molar-refractivity contribution in [1.29, 1.82) is 0 Å². The zero-order chi connectivity index (χ0) is 12.6. The van der Waals surface area contributed by atoms with Gasteiger partial charge < -0.3 is 14.9 Å². The number of piperazine rings is 1. The molecule has 1 N–H and O–H groups in total. The van der Waals surface area contributed by atoms with Gasteiger partial charge in [0.15, 0.2) is 15.2 Å². The van der Waals surface area contributed by atoms with Crippen LogP contribution in [0.3, 0.4) is 0 Å². The molecule has 0 aliphatic carbocycles. The second-order valence-electron chi connectivity index (χ2n) is 4.23. The molecule has 2 rings (SSSR count). The Balaban J connectivity index is 2.22. The van der Waals surface area contributed by atoms with Crippen LogP contribution in [0.25, 0.3) is 0 Å². The number of likely N-dealkylation sites (N-methyl/N-ethyl adjacent to an activating group) is 1. The number of carboxylic acids is 1. The van der Waals surface area contributed by atoms with Crippen molar-refractivity contribution >= 4 is 34.0 Å². The number of carbonyl (C=O) groups is 1. The predicted molar refractivity (Wildman–Crippen MR) is 68.4 cm³/mol. The molecule has 1 unspecified atom stereocenters. The van der Waals surface area contributed by atoms with E-state index in [0.717, 1.165) is 31.0 Å². The Bertz CT molecular complexity index is 437. The lowest BCUT2D eigenvalue weighted by Gasteiger charge is -2.37. The molecule has 1 fully saturated rings. The molecule has 1 aliphatic heterocycles. The van der Waals surface area contributed by atoms with E-state index in [1.807, 2.05) is 0 Å². The van der Waals surface area contributed by atoms with Gasteiger partial charge in [-0.3, -0.25) is 0 Å². The number of aromatic nitrogens is 1. The number of thiazole rings is 1. The van der Waals surface area contributed by atoms with Gasteiger partial charge in [-0.2, -0.15) is 0 Å². The lowest BCUT2D eigenvalue weighted by Crippen LogP contribution is -2.50. The molecule has 0 saturated carbocycles. The van der Waals surface area contributed by atoms with Gasteiger partial charge in [0, 0.05) is 25.7 Å². The molecule has 94 valence electrons. The summed E-state index contributed by atoms with van der Waals surface area (Å²) in [6, 6.07) is 0.317. The SMILES string of the molecule is CC1CN(C)CCN1c1nc(Cl)c(C(=O)O)s1. The van der Waals surface area contributed by atoms with E-state index in [0.29, 0.717) is 11.2 Å². The number of nitrogens with zero attached hydrogens (tertiary/aromatic N) is 3. The average Bonchev–Trinajstić information content (AvgIpc) is 2.60. The number of carboxylic acid groups (broad SMARTS) is 1. The third-order valence-corrected chi connectivity index (χ3v) is 4.31. The molecule has 0 amide bonds. The number of anilines is 1. The number of rotatable bonds is 2. The smallest absolute Gasteiger partial charge is 0.349 e. The summed E-state index contributed by atoms with van der Waals surface area (Å²) in [4.78, 5) is 19.5. The third-order valence-electron chi connectivity index (χ3n) is 2.85. The van der Waals surface area contributed by atoms with Gasteiger partial charge in [-0.25, -0.2) is 9.78 Å². The monoisotopic (exact) mass is 275 g/mol. The third kappa shape index (κ3) is 2.53. The molecule has 5 nitrogen and oxygen atoms in total. The Kier molecular flexibility index (Phi) is 3.56. The van der Waals surface area contributed by atoms with Gasteiger partial charge in [0.1, 0.15) is 0 Å². The quantitative estimate of drug-likeness (QED) is 0.889. The highest BCUT2D eigenvalue weighted by atomic mass is 35.5. The van der Waals surface area contributed by atoms with E-state index in [9.17, 15) is 4.79 Å². The maximum atomic E-state index is 10.9. The molecule has 1 aromatic rings. The number of aromatic carboxylic acids is 1. The molecule has 1 aliphatic rings. The van der Waals surface area contributed by atoms with Gasteiger partial charge in [0.05, 0.1) is 0 Å². The molecular formula is C10H14ClN3O2S. The van der Waals surface area contributed by atoms with Gasteiger partial charge in [-0.05, 0) is 14.0 Å². The van der Waals surface area contributed by atoms with Crippen molar-refractivity contribution in [2.45, 2.75) is 13.0 Å². The van der Waals surface area contributed by atoms with Crippen molar-refractivity contribution in [2.75, 3.05) is 31.6 Å². The second kappa shape index (κ2) is 4.80. The highest BCUT2D eigenvalue weighted by Crippen LogP contribution is 2.31. The Hall–Kier alpha value is -0.850. The second-order valence-corrected chi connectivity index (χ2v) is 5.56. The van der Waals surface area contributed by atoms with Gasteiger partial charge in [-0.1, -0.05) is 22.9 Å². The molecule has 0 spiro atoms. The van der Waals surface area contributed by atoms with Crippen LogP contribution in [-0.2, 0) is 0 Å². The van der Waals surface area contributed by atoms with E-state index in [1.165, 1.54) is 0 Å². The highest BCUT2D eigenvalue weighted by molar-refractivity contribution is 7.18. The first-order valence-corrected chi connectivity index (χ1v) is 6.53. The first-order chi connectivity index (χ1) is 7.99. The van der Waals surface area contributed by atoms with E-state index in [1.54, 1.807) is 0 Å². The lowest BCUT2D eigenvalue weighted by atomic mass is 10.2. The summed E-state index contributed by atoms with van der Waals surface area (Å²) in [5, 5.41) is 9.73. The fourth-order valence-corrected chi connectivity index (χ4v) is 3.22. The van der Waals surface area contributed by atoms with Gasteiger partial charge in [0.25, 0.3) is 0 Å². The van der Waals surface area contributed by atoms with Gasteiger partial charge in [0.2, 0.25) is 0 Å². The van der Waals surface area contributed by atoms with E-state index in [2.05, 4.69) is 28.8 Å².